The lowest BCUT2D eigenvalue weighted by Crippen LogP contribution is -2.66. The van der Waals surface area contributed by atoms with E-state index in [1.165, 1.54) is 131 Å². The number of aliphatic hydroxyl groups excluding tert-OH is 1. The first-order chi connectivity index (χ1) is 65.9. The number of carbonyl (C=O) groups excluding carboxylic acids is 2. The highest BCUT2D eigenvalue weighted by atomic mass is 35.5. The van der Waals surface area contributed by atoms with Gasteiger partial charge < -0.3 is 76.2 Å². The van der Waals surface area contributed by atoms with Gasteiger partial charge in [-0.2, -0.15) is 0 Å². The molecular weight excluding hydrogens is 1910 g/mol. The zero-order chi connectivity index (χ0) is 94.7. The number of aryl methyl sites for hydroxylation is 2. The third-order valence-electron chi connectivity index (χ3n) is 24.3. The molecule has 35 heteroatoms. The number of rotatable bonds is 38. The molecule has 137 heavy (non-hydrogen) atoms. The number of fused-ring (bicyclic) bond motifs is 2. The fourth-order valence-corrected chi connectivity index (χ4v) is 26.1. The molecular formula is C102H130Cl2N10O16S6Si. The topological polar surface area (TPSA) is 270 Å². The number of piperidine rings is 2. The summed E-state index contributed by atoms with van der Waals surface area (Å²) in [4.78, 5) is 55.2. The van der Waals surface area contributed by atoms with Crippen molar-refractivity contribution in [2.24, 2.45) is 44.3 Å². The molecule has 738 valence electrons. The summed E-state index contributed by atoms with van der Waals surface area (Å²) >= 11 is 9.61. The normalized spacial score (nSPS) is 15.8. The lowest BCUT2D eigenvalue weighted by molar-refractivity contribution is -0.0448. The molecule has 0 atom stereocenters. The van der Waals surface area contributed by atoms with Gasteiger partial charge in [0.25, 0.3) is 8.32 Å². The van der Waals surface area contributed by atoms with Crippen molar-refractivity contribution in [3.63, 3.8) is 0 Å². The van der Waals surface area contributed by atoms with Crippen LogP contribution in [-0.2, 0) is 95.0 Å². The summed E-state index contributed by atoms with van der Waals surface area (Å²) in [5, 5.41) is 49.7. The molecule has 26 nitrogen and oxygen atoms in total. The van der Waals surface area contributed by atoms with Gasteiger partial charge >= 0.3 is 0 Å². The summed E-state index contributed by atoms with van der Waals surface area (Å²) in [6.45, 7) is 19.8. The smallest absolute Gasteiger partial charge is 0.261 e. The summed E-state index contributed by atoms with van der Waals surface area (Å²) in [5.74, 6) is 4.80. The van der Waals surface area contributed by atoms with E-state index < -0.39 is 8.32 Å². The molecule has 0 amide bonds. The van der Waals surface area contributed by atoms with Crippen molar-refractivity contribution in [1.82, 2.24) is 29.9 Å². The molecule has 1 N–H and O–H groups in total. The van der Waals surface area contributed by atoms with Crippen LogP contribution in [0.1, 0.15) is 192 Å². The summed E-state index contributed by atoms with van der Waals surface area (Å²) in [6, 6.07) is 42.0. The van der Waals surface area contributed by atoms with E-state index >= 15 is 0 Å². The number of thiophene rings is 6. The number of carbonyl (C=O) groups is 2. The Kier molecular flexibility index (Phi) is 44.4. The van der Waals surface area contributed by atoms with Gasteiger partial charge in [0.15, 0.2) is 36.3 Å². The van der Waals surface area contributed by atoms with E-state index in [0.29, 0.717) is 42.8 Å². The maximum atomic E-state index is 10.5. The van der Waals surface area contributed by atoms with Gasteiger partial charge in [-0.3, -0.25) is 19.4 Å². The van der Waals surface area contributed by atoms with Crippen molar-refractivity contribution in [2.45, 2.75) is 155 Å². The number of aliphatic hydroxyl groups is 1. The van der Waals surface area contributed by atoms with E-state index in [1.54, 1.807) is 54.4 Å². The van der Waals surface area contributed by atoms with E-state index in [9.17, 15) is 9.59 Å². The predicted octanol–water partition coefficient (Wildman–Crippen LogP) is 21.2. The van der Waals surface area contributed by atoms with E-state index in [4.69, 9.17) is 56.7 Å². The Morgan fingerprint density at radius 3 is 1.26 bits per heavy atom. The average Bonchev–Trinajstić information content (AvgIpc) is 1.64. The SMILES string of the molecule is CC(C)(C)[Si](OCc1sccc1C1OCCO1)(c1ccccc1)c1ccccc1.CO/N=C/c1ccsc1C=O.CO/N=C/c1ccsc1CN1CCC(CCc2noc3c(CN(C)C)c(OCC4CC4)ccc23)CC1.CO/N=C/c1ccsc1CN1CCC(CCc2noc3c(CN(C)C)c(OCC4CC4)ccc23)CC1.CO/N=C/c1ccsc1CO.Cl.Cl.O=Cc1sccc1C1OCCO1. The molecule has 4 aromatic carbocycles. The lowest BCUT2D eigenvalue weighted by atomic mass is 9.91. The molecule has 12 aromatic rings. The Morgan fingerprint density at radius 1 is 0.460 bits per heavy atom. The minimum atomic E-state index is -2.54. The number of hydrogen-bond donors (Lipinski definition) is 1. The van der Waals surface area contributed by atoms with Crippen LogP contribution >= 0.6 is 92.8 Å². The molecule has 8 aromatic heterocycles. The number of hydrogen-bond acceptors (Lipinski definition) is 32. The summed E-state index contributed by atoms with van der Waals surface area (Å²) < 4.78 is 53.3. The highest BCUT2D eigenvalue weighted by Crippen LogP contribution is 2.42. The van der Waals surface area contributed by atoms with Gasteiger partial charge in [-0.15, -0.1) is 92.8 Å². The van der Waals surface area contributed by atoms with Gasteiger partial charge in [0.05, 0.1) is 110 Å². The van der Waals surface area contributed by atoms with Crippen LogP contribution < -0.4 is 19.8 Å². The van der Waals surface area contributed by atoms with Crippen LogP contribution in [0.5, 0.6) is 11.5 Å². The fourth-order valence-electron chi connectivity index (χ4n) is 16.7. The average molecular weight is 2040 g/mol. The maximum Gasteiger partial charge on any atom is 0.261 e. The van der Waals surface area contributed by atoms with Crippen LogP contribution in [0, 0.1) is 23.7 Å². The van der Waals surface area contributed by atoms with Gasteiger partial charge in [-0.25, -0.2) is 0 Å². The quantitative estimate of drug-likeness (QED) is 0.0163. The van der Waals surface area contributed by atoms with Crippen LogP contribution in [0.3, 0.4) is 0 Å². The Hall–Kier alpha value is -8.76. The minimum Gasteiger partial charge on any atom is -0.493 e. The van der Waals surface area contributed by atoms with Crippen molar-refractivity contribution in [3.8, 4) is 11.5 Å². The second kappa shape index (κ2) is 56.0. The largest absolute Gasteiger partial charge is 0.493 e. The minimum absolute atomic E-state index is 0. The molecule has 4 aliphatic heterocycles. The Balaban J connectivity index is 0.000000167. The Labute approximate surface area is 842 Å². The van der Waals surface area contributed by atoms with Crippen molar-refractivity contribution in [3.05, 3.63) is 239 Å². The first-order valence-corrected chi connectivity index (χ1v) is 53.3. The second-order valence-corrected chi connectivity index (χ2v) is 45.6. The van der Waals surface area contributed by atoms with Crippen LogP contribution in [0.4, 0.5) is 0 Å². The van der Waals surface area contributed by atoms with Gasteiger partial charge in [0.2, 0.25) is 0 Å². The second-order valence-electron chi connectivity index (χ2n) is 35.4. The lowest BCUT2D eigenvalue weighted by Gasteiger charge is -2.43. The summed E-state index contributed by atoms with van der Waals surface area (Å²) in [5.41, 5.74) is 12.2. The van der Waals surface area contributed by atoms with Crippen molar-refractivity contribution in [2.75, 3.05) is 122 Å². The number of ether oxygens (including phenoxy) is 6. The van der Waals surface area contributed by atoms with Gasteiger partial charge in [0, 0.05) is 89.8 Å². The number of likely N-dealkylation sites (tertiary alicyclic amines) is 2. The van der Waals surface area contributed by atoms with Gasteiger partial charge in [-0.05, 0) is 263 Å². The van der Waals surface area contributed by atoms with E-state index in [0.717, 1.165) is 222 Å². The molecule has 18 rings (SSSR count). The molecule has 2 saturated carbocycles. The number of nitrogens with zero attached hydrogens (tertiary/aromatic N) is 10. The third kappa shape index (κ3) is 31.4. The van der Waals surface area contributed by atoms with Crippen molar-refractivity contribution < 1.29 is 75.9 Å². The molecule has 4 saturated heterocycles. The van der Waals surface area contributed by atoms with Crippen LogP contribution in [0.2, 0.25) is 5.04 Å². The zero-order valence-corrected chi connectivity index (χ0v) is 87.6. The number of aromatic nitrogens is 2. The molecule has 2 aliphatic carbocycles. The first-order valence-electron chi connectivity index (χ1n) is 46.1. The molecule has 0 bridgehead atoms. The van der Waals surface area contributed by atoms with E-state index in [2.05, 4.69) is 228 Å². The van der Waals surface area contributed by atoms with Crippen molar-refractivity contribution in [1.29, 1.82) is 0 Å². The monoisotopic (exact) mass is 2040 g/mol. The number of aldehydes is 2. The van der Waals surface area contributed by atoms with Crippen LogP contribution in [0.15, 0.2) is 183 Å². The molecule has 0 unspecified atom stereocenters. The van der Waals surface area contributed by atoms with Crippen molar-refractivity contribution >= 4 is 171 Å². The zero-order valence-electron chi connectivity index (χ0n) is 80.0. The highest BCUT2D eigenvalue weighted by Gasteiger charge is 2.50. The highest BCUT2D eigenvalue weighted by molar-refractivity contribution is 7.12. The Morgan fingerprint density at radius 2 is 0.839 bits per heavy atom. The predicted molar refractivity (Wildman–Crippen MR) is 559 cm³/mol. The maximum absolute atomic E-state index is 10.5. The standard InChI is InChI=1S/2C28H38N4O3S.C24H28O3SSi.C8H8O3S.C7H9NO2S.C7H7NO2S.2ClH/c2*1-31(2)17-24-26(34-19-21-4-5-21)9-7-23-25(30-35-28(23)24)8-6-20-10-13-32(14-11-20)18-27-22(12-15-36-27)16-29-33-3;1-24(2,3)29(19-10-6-4-7-11-19,20-12-8-5-9-13-20)27-18-22-21(14-17-28-22)23-25-15-16-26-23;9-5-7-6(1-4-12-7)8-10-2-3-11-8;2*1-10-8-4-6-2-3-11-7(6)5-9;;/h2*7,9,12,15-16,20-21H,4-6,8,10-11,13-14,17-19H2,1-3H3;4-14,17,23H,15-16,18H2,1-3H3;1,4-5,8H,2-3H2;2-4,9H,5H2,1H3;2-5H,1H3;2*1H/b2*29-16+;;;2*8-4+;;. The molecule has 6 aliphatic rings. The number of halogens is 2. The van der Waals surface area contributed by atoms with E-state index in [1.807, 2.05) is 46.8 Å². The van der Waals surface area contributed by atoms with Crippen LogP contribution in [-0.4, -0.2) is 203 Å². The summed E-state index contributed by atoms with van der Waals surface area (Å²) in [7, 11) is 11.9. The molecule has 0 radical (unpaired) electrons. The summed E-state index contributed by atoms with van der Waals surface area (Å²) in [6.07, 6.45) is 22.1. The van der Waals surface area contributed by atoms with Gasteiger partial charge in [0.1, 0.15) is 39.9 Å². The number of benzene rings is 4. The van der Waals surface area contributed by atoms with Gasteiger partial charge in [-0.1, -0.05) is 112 Å². The van der Waals surface area contributed by atoms with Crippen LogP contribution in [0.25, 0.3) is 21.9 Å². The fraction of sp³-hybridized carbons (Fsp3) is 0.451. The number of oxime groups is 4. The third-order valence-corrected chi connectivity index (χ3v) is 34.7. The Bertz CT molecular complexity index is 5460. The van der Waals surface area contributed by atoms with E-state index in [-0.39, 0.29) is 49.0 Å². The molecule has 0 spiro atoms. The first kappa shape index (κ1) is 109. The molecule has 12 heterocycles. The molecule has 6 fully saturated rings.